The van der Waals surface area contributed by atoms with Gasteiger partial charge in [-0.05, 0) is 57.4 Å². The van der Waals surface area contributed by atoms with Gasteiger partial charge < -0.3 is 9.31 Å². The van der Waals surface area contributed by atoms with Crippen molar-refractivity contribution in [3.63, 3.8) is 0 Å². The van der Waals surface area contributed by atoms with Crippen LogP contribution in [0.15, 0.2) is 53.4 Å². The van der Waals surface area contributed by atoms with Crippen molar-refractivity contribution >= 4 is 28.3 Å². The summed E-state index contributed by atoms with van der Waals surface area (Å²) in [7, 11) is -5.51. The van der Waals surface area contributed by atoms with Crippen LogP contribution in [0.2, 0.25) is 0 Å². The van der Waals surface area contributed by atoms with Gasteiger partial charge in [-0.3, -0.25) is 4.72 Å². The van der Waals surface area contributed by atoms with E-state index in [1.165, 1.54) is 18.2 Å². The monoisotopic (exact) mass is 427 g/mol. The summed E-state index contributed by atoms with van der Waals surface area (Å²) in [6.07, 6.45) is -4.85. The third-order valence-corrected chi connectivity index (χ3v) is 6.57. The van der Waals surface area contributed by atoms with Gasteiger partial charge in [0.15, 0.2) is 0 Å². The zero-order valence-corrected chi connectivity index (χ0v) is 17.2. The number of para-hydroxylation sites is 1. The van der Waals surface area contributed by atoms with E-state index in [1.807, 2.05) is 0 Å². The maximum atomic E-state index is 13.5. The minimum absolute atomic E-state index is 0.154. The van der Waals surface area contributed by atoms with Crippen LogP contribution in [0.25, 0.3) is 0 Å². The number of hydrogen-bond donors (Lipinski definition) is 1. The molecule has 0 unspecified atom stereocenters. The summed E-state index contributed by atoms with van der Waals surface area (Å²) in [5, 5.41) is 0. The van der Waals surface area contributed by atoms with E-state index in [0.717, 1.165) is 12.1 Å². The lowest BCUT2D eigenvalue weighted by Crippen LogP contribution is -2.41. The van der Waals surface area contributed by atoms with Gasteiger partial charge >= 0.3 is 13.3 Å². The number of nitrogens with one attached hydrogen (secondary N) is 1. The largest absolute Gasteiger partial charge is 0.494 e. The molecular weight excluding hydrogens is 406 g/mol. The number of benzene rings is 2. The number of rotatable bonds is 4. The fourth-order valence-electron chi connectivity index (χ4n) is 2.84. The Hall–Kier alpha value is -2.04. The van der Waals surface area contributed by atoms with Crippen molar-refractivity contribution in [1.82, 2.24) is 0 Å². The van der Waals surface area contributed by atoms with Gasteiger partial charge in [0, 0.05) is 5.69 Å². The van der Waals surface area contributed by atoms with E-state index in [-0.39, 0.29) is 11.2 Å². The second-order valence-corrected chi connectivity index (χ2v) is 9.46. The van der Waals surface area contributed by atoms with Crippen LogP contribution in [0, 0.1) is 0 Å². The molecule has 29 heavy (non-hydrogen) atoms. The van der Waals surface area contributed by atoms with Gasteiger partial charge in [-0.25, -0.2) is 8.42 Å². The zero-order chi connectivity index (χ0) is 21.7. The first-order valence-corrected chi connectivity index (χ1v) is 10.4. The molecule has 0 aromatic heterocycles. The lowest BCUT2D eigenvalue weighted by atomic mass is 9.79. The Labute approximate surface area is 168 Å². The molecular formula is C19H21BF3NO4S. The Morgan fingerprint density at radius 1 is 0.931 bits per heavy atom. The summed E-state index contributed by atoms with van der Waals surface area (Å²) in [5.74, 6) is 0. The maximum absolute atomic E-state index is 13.5. The highest BCUT2D eigenvalue weighted by molar-refractivity contribution is 7.92. The Morgan fingerprint density at radius 3 is 2.00 bits per heavy atom. The SMILES string of the molecule is CC1(C)OB(c2ccc(C(F)(F)F)c(S(=O)(=O)Nc3ccccc3)c2)OC1(C)C. The highest BCUT2D eigenvalue weighted by atomic mass is 32.2. The predicted molar refractivity (Wildman–Crippen MR) is 104 cm³/mol. The van der Waals surface area contributed by atoms with E-state index < -0.39 is 45.0 Å². The third kappa shape index (κ3) is 4.29. The first-order valence-electron chi connectivity index (χ1n) is 8.88. The Morgan fingerprint density at radius 2 is 1.48 bits per heavy atom. The number of halogens is 3. The molecule has 1 fully saturated rings. The van der Waals surface area contributed by atoms with E-state index >= 15 is 0 Å². The van der Waals surface area contributed by atoms with Gasteiger partial charge in [-0.1, -0.05) is 24.3 Å². The Bertz CT molecular complexity index is 992. The lowest BCUT2D eigenvalue weighted by Gasteiger charge is -2.32. The quantitative estimate of drug-likeness (QED) is 0.754. The van der Waals surface area contributed by atoms with Crippen molar-refractivity contribution in [1.29, 1.82) is 0 Å². The van der Waals surface area contributed by atoms with Crippen LogP contribution in [0.5, 0.6) is 0 Å². The van der Waals surface area contributed by atoms with Crippen molar-refractivity contribution in [2.24, 2.45) is 0 Å². The topological polar surface area (TPSA) is 64.6 Å². The van der Waals surface area contributed by atoms with E-state index in [9.17, 15) is 21.6 Å². The minimum Gasteiger partial charge on any atom is -0.399 e. The maximum Gasteiger partial charge on any atom is 0.494 e. The summed E-state index contributed by atoms with van der Waals surface area (Å²) >= 11 is 0. The van der Waals surface area contributed by atoms with Crippen LogP contribution in [0.4, 0.5) is 18.9 Å². The molecule has 2 aromatic carbocycles. The molecule has 10 heteroatoms. The number of hydrogen-bond acceptors (Lipinski definition) is 4. The average Bonchev–Trinajstić information content (AvgIpc) is 2.82. The molecule has 3 rings (SSSR count). The minimum atomic E-state index is -4.85. The number of alkyl halides is 3. The number of sulfonamides is 1. The standard InChI is InChI=1S/C19H21BF3NO4S/c1-17(2)18(3,4)28-20(27-17)13-10-11-15(19(21,22)23)16(12-13)29(25,26)24-14-8-6-5-7-9-14/h5-12,24H,1-4H3. The third-order valence-electron chi connectivity index (χ3n) is 5.15. The summed E-state index contributed by atoms with van der Waals surface area (Å²) in [6, 6.07) is 10.6. The van der Waals surface area contributed by atoms with Crippen molar-refractivity contribution in [2.75, 3.05) is 4.72 Å². The van der Waals surface area contributed by atoms with E-state index in [0.29, 0.717) is 0 Å². The fourth-order valence-corrected chi connectivity index (χ4v) is 4.16. The Balaban J connectivity index is 2.06. The summed E-state index contributed by atoms with van der Waals surface area (Å²) < 4.78 is 80.0. The van der Waals surface area contributed by atoms with E-state index in [2.05, 4.69) is 4.72 Å². The molecule has 1 saturated heterocycles. The van der Waals surface area contributed by atoms with Crippen LogP contribution in [-0.2, 0) is 25.5 Å². The molecule has 1 aliphatic heterocycles. The number of anilines is 1. The van der Waals surface area contributed by atoms with Crippen LogP contribution in [-0.4, -0.2) is 26.7 Å². The van der Waals surface area contributed by atoms with Crippen LogP contribution < -0.4 is 10.2 Å². The lowest BCUT2D eigenvalue weighted by molar-refractivity contribution is -0.139. The molecule has 2 aromatic rings. The fraction of sp³-hybridized carbons (Fsp3) is 0.368. The molecule has 156 valence electrons. The molecule has 0 radical (unpaired) electrons. The zero-order valence-electron chi connectivity index (χ0n) is 16.4. The highest BCUT2D eigenvalue weighted by Gasteiger charge is 2.52. The molecule has 1 N–H and O–H groups in total. The second kappa shape index (κ2) is 7.03. The van der Waals surface area contributed by atoms with Crippen molar-refractivity contribution in [2.45, 2.75) is 50.0 Å². The first-order chi connectivity index (χ1) is 13.2. The van der Waals surface area contributed by atoms with Crippen molar-refractivity contribution in [3.8, 4) is 0 Å². The molecule has 0 amide bonds. The van der Waals surface area contributed by atoms with Crippen LogP contribution in [0.3, 0.4) is 0 Å². The molecule has 0 saturated carbocycles. The first kappa shape index (κ1) is 21.7. The van der Waals surface area contributed by atoms with Crippen LogP contribution >= 0.6 is 0 Å². The van der Waals surface area contributed by atoms with E-state index in [1.54, 1.807) is 45.9 Å². The van der Waals surface area contributed by atoms with Gasteiger partial charge in [-0.2, -0.15) is 13.2 Å². The predicted octanol–water partition coefficient (Wildman–Crippen LogP) is 3.81. The molecule has 0 atom stereocenters. The average molecular weight is 427 g/mol. The van der Waals surface area contributed by atoms with Gasteiger partial charge in [0.2, 0.25) is 0 Å². The summed E-state index contributed by atoms with van der Waals surface area (Å²) in [5.41, 5.74) is -2.36. The van der Waals surface area contributed by atoms with Gasteiger partial charge in [0.1, 0.15) is 0 Å². The van der Waals surface area contributed by atoms with Crippen LogP contribution in [0.1, 0.15) is 33.3 Å². The van der Waals surface area contributed by atoms with Gasteiger partial charge in [0.25, 0.3) is 10.0 Å². The summed E-state index contributed by atoms with van der Waals surface area (Å²) in [6.45, 7) is 7.19. The molecule has 1 heterocycles. The second-order valence-electron chi connectivity index (χ2n) is 7.81. The smallest absolute Gasteiger partial charge is 0.399 e. The normalized spacial score (nSPS) is 18.7. The molecule has 1 aliphatic rings. The molecule has 0 bridgehead atoms. The Kier molecular flexibility index (Phi) is 5.26. The van der Waals surface area contributed by atoms with E-state index in [4.69, 9.17) is 9.31 Å². The molecule has 0 spiro atoms. The van der Waals surface area contributed by atoms with Crippen molar-refractivity contribution < 1.29 is 30.9 Å². The summed E-state index contributed by atoms with van der Waals surface area (Å²) in [4.78, 5) is -0.888. The molecule has 0 aliphatic carbocycles. The highest BCUT2D eigenvalue weighted by Crippen LogP contribution is 2.38. The van der Waals surface area contributed by atoms with Crippen molar-refractivity contribution in [3.05, 3.63) is 54.1 Å². The van der Waals surface area contributed by atoms with Gasteiger partial charge in [0.05, 0.1) is 21.7 Å². The molecule has 5 nitrogen and oxygen atoms in total. The van der Waals surface area contributed by atoms with Gasteiger partial charge in [-0.15, -0.1) is 0 Å².